The first-order valence-electron chi connectivity index (χ1n) is 4.34. The van der Waals surface area contributed by atoms with Gasteiger partial charge >= 0.3 is 0 Å². The van der Waals surface area contributed by atoms with Crippen molar-refractivity contribution >= 4 is 0 Å². The lowest BCUT2D eigenvalue weighted by Gasteiger charge is -2.26. The molecule has 2 unspecified atom stereocenters. The molecule has 4 heteroatoms. The molecule has 1 rings (SSSR count). The van der Waals surface area contributed by atoms with Crippen LogP contribution in [0.5, 0.6) is 0 Å². The van der Waals surface area contributed by atoms with Crippen LogP contribution in [-0.2, 0) is 9.68 Å². The van der Waals surface area contributed by atoms with Crippen LogP contribution < -0.4 is 0 Å². The summed E-state index contributed by atoms with van der Waals surface area (Å²) in [5, 5.41) is 5.84. The second kappa shape index (κ2) is 4.57. The van der Waals surface area contributed by atoms with E-state index in [0.29, 0.717) is 0 Å². The van der Waals surface area contributed by atoms with Crippen molar-refractivity contribution in [3.63, 3.8) is 0 Å². The first-order valence-corrected chi connectivity index (χ1v) is 4.34. The fourth-order valence-corrected chi connectivity index (χ4v) is 1.72. The third-order valence-corrected chi connectivity index (χ3v) is 2.53. The molecule has 0 aliphatic heterocycles. The Morgan fingerprint density at radius 1 is 1.08 bits per heavy atom. The van der Waals surface area contributed by atoms with Crippen LogP contribution in [0, 0.1) is 19.1 Å². The van der Waals surface area contributed by atoms with E-state index in [2.05, 4.69) is 10.0 Å². The lowest BCUT2D eigenvalue weighted by molar-refractivity contribution is -0.0324. The average Bonchev–Trinajstić information content (AvgIpc) is 2.13. The Morgan fingerprint density at radius 3 is 1.92 bits per heavy atom. The molecular weight excluding hydrogens is 168 g/mol. The maximum Gasteiger partial charge on any atom is 0.191 e. The molecule has 4 nitrogen and oxygen atoms in total. The summed E-state index contributed by atoms with van der Waals surface area (Å²) in [7, 11) is 0. The Balaban J connectivity index is 2.51. The molecule has 1 aliphatic rings. The summed E-state index contributed by atoms with van der Waals surface area (Å²) in [4.78, 5) is 9.76. The number of rotatable bonds is 2. The number of hydrogen-bond donors (Lipinski definition) is 0. The van der Waals surface area contributed by atoms with Gasteiger partial charge in [-0.3, -0.25) is 0 Å². The molecule has 0 amide bonds. The normalized spacial score (nSPS) is 32.7. The standard InChI is InChI=1S/C9H12N2O2/c1-7-8(12-10-2)5-4-6-9(7)13-11-3/h7-9H,4-6H2,1H3. The first-order chi connectivity index (χ1) is 6.29. The predicted molar refractivity (Wildman–Crippen MR) is 46.0 cm³/mol. The van der Waals surface area contributed by atoms with Crippen LogP contribution >= 0.6 is 0 Å². The Hall–Kier alpha value is -1.42. The maximum atomic E-state index is 6.60. The largest absolute Gasteiger partial charge is 0.195 e. The molecule has 0 bridgehead atoms. The van der Waals surface area contributed by atoms with E-state index in [1.165, 1.54) is 0 Å². The molecule has 1 fully saturated rings. The zero-order valence-electron chi connectivity index (χ0n) is 7.56. The second-order valence-corrected chi connectivity index (χ2v) is 3.26. The van der Waals surface area contributed by atoms with E-state index in [9.17, 15) is 0 Å². The topological polar surface area (TPSA) is 27.2 Å². The average molecular weight is 180 g/mol. The van der Waals surface area contributed by atoms with Gasteiger partial charge in [0.2, 0.25) is 0 Å². The minimum atomic E-state index is -0.0713. The predicted octanol–water partition coefficient (Wildman–Crippen LogP) is 2.25. The quantitative estimate of drug-likeness (QED) is 0.481. The highest BCUT2D eigenvalue weighted by molar-refractivity contribution is 4.81. The van der Waals surface area contributed by atoms with Crippen LogP contribution in [-0.4, -0.2) is 12.2 Å². The molecule has 0 aromatic rings. The van der Waals surface area contributed by atoms with Crippen molar-refractivity contribution in [3.05, 3.63) is 23.2 Å². The van der Waals surface area contributed by atoms with Gasteiger partial charge in [-0.1, -0.05) is 6.92 Å². The van der Waals surface area contributed by atoms with Crippen molar-refractivity contribution in [3.8, 4) is 0 Å². The summed E-state index contributed by atoms with van der Waals surface area (Å²) in [5.74, 6) is 0.136. The van der Waals surface area contributed by atoms with Gasteiger partial charge in [0.15, 0.2) is 12.2 Å². The fourth-order valence-electron chi connectivity index (χ4n) is 1.72. The van der Waals surface area contributed by atoms with Crippen molar-refractivity contribution in [2.75, 3.05) is 0 Å². The highest BCUT2D eigenvalue weighted by Gasteiger charge is 2.37. The van der Waals surface area contributed by atoms with Crippen molar-refractivity contribution in [1.82, 2.24) is 0 Å². The number of hydrogen-bond acceptors (Lipinski definition) is 2. The number of nitrogens with zero attached hydrogens (tertiary/aromatic N) is 2. The molecule has 0 aromatic heterocycles. The summed E-state index contributed by atoms with van der Waals surface area (Å²) in [5.41, 5.74) is 0. The Morgan fingerprint density at radius 2 is 1.54 bits per heavy atom. The fraction of sp³-hybridized carbons (Fsp3) is 0.778. The van der Waals surface area contributed by atoms with Gasteiger partial charge in [-0.25, -0.2) is 0 Å². The maximum absolute atomic E-state index is 6.60. The highest BCUT2D eigenvalue weighted by Crippen LogP contribution is 2.29. The third-order valence-electron chi connectivity index (χ3n) is 2.53. The van der Waals surface area contributed by atoms with Crippen molar-refractivity contribution in [1.29, 1.82) is 0 Å². The monoisotopic (exact) mass is 180 g/mol. The van der Waals surface area contributed by atoms with Gasteiger partial charge in [0, 0.05) is 5.92 Å². The summed E-state index contributed by atoms with van der Waals surface area (Å²) >= 11 is 0. The Kier molecular flexibility index (Phi) is 3.40. The smallest absolute Gasteiger partial charge is 0.191 e. The first kappa shape index (κ1) is 9.67. The molecular formula is C9H12N2O2. The summed E-state index contributed by atoms with van der Waals surface area (Å²) in [6.45, 7) is 15.2. The molecule has 70 valence electrons. The van der Waals surface area contributed by atoms with Crippen molar-refractivity contribution < 1.29 is 9.68 Å². The molecule has 1 saturated carbocycles. The molecule has 0 spiro atoms. The van der Waals surface area contributed by atoms with E-state index in [0.717, 1.165) is 19.3 Å². The molecule has 2 atom stereocenters. The highest BCUT2D eigenvalue weighted by atomic mass is 16.6. The van der Waals surface area contributed by atoms with Gasteiger partial charge in [0.05, 0.1) is 0 Å². The summed E-state index contributed by atoms with van der Waals surface area (Å²) < 4.78 is 0. The Bertz CT molecular complexity index is 217. The van der Waals surface area contributed by atoms with Gasteiger partial charge in [-0.2, -0.15) is 22.8 Å². The van der Waals surface area contributed by atoms with Crippen LogP contribution in [0.1, 0.15) is 26.2 Å². The van der Waals surface area contributed by atoms with Crippen LogP contribution in [0.15, 0.2) is 0 Å². The summed E-state index contributed by atoms with van der Waals surface area (Å²) in [6, 6.07) is 0. The van der Waals surface area contributed by atoms with Crippen LogP contribution in [0.25, 0.3) is 10.0 Å². The lowest BCUT2D eigenvalue weighted by atomic mass is 9.85. The minimum absolute atomic E-state index is 0.0713. The SMILES string of the molecule is [C-]#[N+]OC1CCCC(O[N+]#[C-])C1C. The zero-order chi connectivity index (χ0) is 9.68. The molecule has 0 radical (unpaired) electrons. The minimum Gasteiger partial charge on any atom is -0.195 e. The van der Waals surface area contributed by atoms with E-state index in [1.807, 2.05) is 6.92 Å². The molecule has 1 aliphatic carbocycles. The molecule has 0 saturated heterocycles. The summed E-state index contributed by atoms with van der Waals surface area (Å²) in [6.07, 6.45) is 2.60. The van der Waals surface area contributed by atoms with Crippen LogP contribution in [0.4, 0.5) is 0 Å². The molecule has 0 N–H and O–H groups in total. The van der Waals surface area contributed by atoms with E-state index >= 15 is 0 Å². The van der Waals surface area contributed by atoms with Gasteiger partial charge in [-0.05, 0) is 29.3 Å². The third kappa shape index (κ3) is 2.26. The van der Waals surface area contributed by atoms with Gasteiger partial charge in [0.1, 0.15) is 0 Å². The van der Waals surface area contributed by atoms with E-state index in [4.69, 9.17) is 22.8 Å². The van der Waals surface area contributed by atoms with E-state index in [1.54, 1.807) is 0 Å². The Labute approximate surface area is 78.0 Å². The zero-order valence-corrected chi connectivity index (χ0v) is 7.56. The van der Waals surface area contributed by atoms with Crippen LogP contribution in [0.3, 0.4) is 0 Å². The molecule has 13 heavy (non-hydrogen) atoms. The van der Waals surface area contributed by atoms with Crippen molar-refractivity contribution in [2.45, 2.75) is 38.4 Å². The van der Waals surface area contributed by atoms with Gasteiger partial charge in [-0.15, -0.1) is 0 Å². The molecule has 0 heterocycles. The molecule has 0 aromatic carbocycles. The van der Waals surface area contributed by atoms with Gasteiger partial charge < -0.3 is 0 Å². The van der Waals surface area contributed by atoms with Crippen LogP contribution in [0.2, 0.25) is 0 Å². The van der Waals surface area contributed by atoms with E-state index in [-0.39, 0.29) is 18.1 Å². The van der Waals surface area contributed by atoms with Crippen molar-refractivity contribution in [2.24, 2.45) is 5.92 Å². The lowest BCUT2D eigenvalue weighted by Crippen LogP contribution is -2.35. The van der Waals surface area contributed by atoms with Gasteiger partial charge in [0.25, 0.3) is 0 Å². The van der Waals surface area contributed by atoms with E-state index < -0.39 is 0 Å². The second-order valence-electron chi connectivity index (χ2n) is 3.26.